The topological polar surface area (TPSA) is 43.8 Å². The number of carboxylic acid groups (broad SMARTS) is 1. The van der Waals surface area contributed by atoms with E-state index in [-0.39, 0.29) is 0 Å². The number of hydrogen-bond donors (Lipinski definition) is 1. The molecule has 0 spiro atoms. The van der Waals surface area contributed by atoms with Crippen LogP contribution in [0.5, 0.6) is 0 Å². The minimum atomic E-state index is -0.813. The summed E-state index contributed by atoms with van der Waals surface area (Å²) in [6.45, 7) is 3.69. The van der Waals surface area contributed by atoms with Crippen LogP contribution in [0.1, 0.15) is 5.56 Å². The molecule has 5 heteroatoms. The fourth-order valence-corrected chi connectivity index (χ4v) is 2.44. The Morgan fingerprint density at radius 3 is 2.59 bits per heavy atom. The van der Waals surface area contributed by atoms with E-state index in [0.29, 0.717) is 13.1 Å². The zero-order valence-corrected chi connectivity index (χ0v) is 11.1. The average molecular weight is 299 g/mol. The van der Waals surface area contributed by atoms with Crippen molar-refractivity contribution >= 4 is 22.0 Å². The average Bonchev–Trinajstić information content (AvgIpc) is 2.29. The molecule has 1 aliphatic rings. The second kappa shape index (κ2) is 5.51. The van der Waals surface area contributed by atoms with Crippen molar-refractivity contribution in [1.29, 1.82) is 0 Å². The van der Waals surface area contributed by atoms with Crippen molar-refractivity contribution in [3.05, 3.63) is 34.3 Å². The molecule has 1 saturated heterocycles. The summed E-state index contributed by atoms with van der Waals surface area (Å²) in [5.74, 6) is 0. The predicted molar refractivity (Wildman–Crippen MR) is 69.0 cm³/mol. The maximum atomic E-state index is 10.8. The summed E-state index contributed by atoms with van der Waals surface area (Å²) in [4.78, 5) is 14.5. The van der Waals surface area contributed by atoms with Crippen LogP contribution in [0.4, 0.5) is 4.79 Å². The fraction of sp³-hybridized carbons (Fsp3) is 0.417. The van der Waals surface area contributed by atoms with Crippen LogP contribution < -0.4 is 0 Å². The first-order valence-electron chi connectivity index (χ1n) is 5.60. The van der Waals surface area contributed by atoms with Crippen LogP contribution in [0.2, 0.25) is 0 Å². The highest BCUT2D eigenvalue weighted by molar-refractivity contribution is 9.10. The summed E-state index contributed by atoms with van der Waals surface area (Å²) in [7, 11) is 0. The Balaban J connectivity index is 1.88. The number of piperazine rings is 1. The van der Waals surface area contributed by atoms with Crippen molar-refractivity contribution in [3.8, 4) is 0 Å². The van der Waals surface area contributed by atoms with E-state index >= 15 is 0 Å². The van der Waals surface area contributed by atoms with Crippen LogP contribution in [0, 0.1) is 0 Å². The Bertz CT molecular complexity index is 403. The number of benzene rings is 1. The van der Waals surface area contributed by atoms with Gasteiger partial charge in [-0.25, -0.2) is 4.79 Å². The van der Waals surface area contributed by atoms with Gasteiger partial charge in [0.15, 0.2) is 0 Å². The molecule has 1 aliphatic heterocycles. The Kier molecular flexibility index (Phi) is 4.02. The molecule has 0 bridgehead atoms. The zero-order chi connectivity index (χ0) is 12.3. The molecule has 1 aromatic carbocycles. The number of nitrogens with zero attached hydrogens (tertiary/aromatic N) is 2. The van der Waals surface area contributed by atoms with E-state index in [1.165, 1.54) is 10.5 Å². The maximum absolute atomic E-state index is 10.8. The SMILES string of the molecule is O=C(O)N1CCN(Cc2cccc(Br)c2)CC1. The minimum Gasteiger partial charge on any atom is -0.465 e. The molecule has 2 rings (SSSR count). The maximum Gasteiger partial charge on any atom is 0.407 e. The normalized spacial score (nSPS) is 17.1. The largest absolute Gasteiger partial charge is 0.465 e. The molecule has 92 valence electrons. The third-order valence-corrected chi connectivity index (χ3v) is 3.43. The smallest absolute Gasteiger partial charge is 0.407 e. The first-order valence-corrected chi connectivity index (χ1v) is 6.39. The molecule has 0 saturated carbocycles. The monoisotopic (exact) mass is 298 g/mol. The third kappa shape index (κ3) is 3.44. The van der Waals surface area contributed by atoms with Gasteiger partial charge in [-0.1, -0.05) is 28.1 Å². The lowest BCUT2D eigenvalue weighted by molar-refractivity contribution is 0.103. The van der Waals surface area contributed by atoms with Gasteiger partial charge < -0.3 is 10.0 Å². The second-order valence-corrected chi connectivity index (χ2v) is 5.09. The van der Waals surface area contributed by atoms with E-state index < -0.39 is 6.09 Å². The second-order valence-electron chi connectivity index (χ2n) is 4.18. The van der Waals surface area contributed by atoms with Crippen LogP contribution in [0.3, 0.4) is 0 Å². The van der Waals surface area contributed by atoms with Gasteiger partial charge in [0, 0.05) is 37.2 Å². The number of hydrogen-bond acceptors (Lipinski definition) is 2. The number of rotatable bonds is 2. The van der Waals surface area contributed by atoms with E-state index in [0.717, 1.165) is 24.1 Å². The quantitative estimate of drug-likeness (QED) is 0.911. The molecule has 1 fully saturated rings. The molecule has 4 nitrogen and oxygen atoms in total. The van der Waals surface area contributed by atoms with Crippen molar-refractivity contribution in [3.63, 3.8) is 0 Å². The van der Waals surface area contributed by atoms with E-state index in [1.807, 2.05) is 12.1 Å². The van der Waals surface area contributed by atoms with Crippen LogP contribution >= 0.6 is 15.9 Å². The molecule has 1 N–H and O–H groups in total. The Labute approximate surface area is 109 Å². The lowest BCUT2D eigenvalue weighted by atomic mass is 10.2. The fourth-order valence-electron chi connectivity index (χ4n) is 1.99. The number of halogens is 1. The molecule has 1 heterocycles. The molecular formula is C12H15BrN2O2. The molecule has 0 radical (unpaired) electrons. The van der Waals surface area contributed by atoms with Gasteiger partial charge in [0.05, 0.1) is 0 Å². The van der Waals surface area contributed by atoms with E-state index in [2.05, 4.69) is 33.0 Å². The molecule has 17 heavy (non-hydrogen) atoms. The number of amides is 1. The zero-order valence-electron chi connectivity index (χ0n) is 9.47. The summed E-state index contributed by atoms with van der Waals surface area (Å²) in [5, 5.41) is 8.85. The van der Waals surface area contributed by atoms with Crippen LogP contribution in [0.25, 0.3) is 0 Å². The lowest BCUT2D eigenvalue weighted by Crippen LogP contribution is -2.47. The van der Waals surface area contributed by atoms with Crippen LogP contribution in [0.15, 0.2) is 28.7 Å². The Morgan fingerprint density at radius 2 is 2.00 bits per heavy atom. The minimum absolute atomic E-state index is 0.601. The lowest BCUT2D eigenvalue weighted by Gasteiger charge is -2.33. The van der Waals surface area contributed by atoms with E-state index in [9.17, 15) is 4.79 Å². The molecule has 0 aromatic heterocycles. The van der Waals surface area contributed by atoms with E-state index in [1.54, 1.807) is 0 Å². The highest BCUT2D eigenvalue weighted by Gasteiger charge is 2.20. The van der Waals surface area contributed by atoms with Gasteiger partial charge in [-0.3, -0.25) is 4.90 Å². The van der Waals surface area contributed by atoms with Gasteiger partial charge in [-0.05, 0) is 17.7 Å². The van der Waals surface area contributed by atoms with Gasteiger partial charge >= 0.3 is 6.09 Å². The molecule has 1 aromatic rings. The van der Waals surface area contributed by atoms with Gasteiger partial charge in [0.1, 0.15) is 0 Å². The number of carbonyl (C=O) groups is 1. The molecule has 0 atom stereocenters. The summed E-state index contributed by atoms with van der Waals surface area (Å²) < 4.78 is 1.08. The van der Waals surface area contributed by atoms with Crippen molar-refractivity contribution < 1.29 is 9.90 Å². The first-order chi connectivity index (χ1) is 8.15. The van der Waals surface area contributed by atoms with Crippen molar-refractivity contribution in [2.75, 3.05) is 26.2 Å². The van der Waals surface area contributed by atoms with Gasteiger partial charge in [0.2, 0.25) is 0 Å². The molecule has 1 amide bonds. The predicted octanol–water partition coefficient (Wildman–Crippen LogP) is 2.24. The summed E-state index contributed by atoms with van der Waals surface area (Å²) in [5.41, 5.74) is 1.25. The first kappa shape index (κ1) is 12.4. The van der Waals surface area contributed by atoms with Crippen molar-refractivity contribution in [1.82, 2.24) is 9.80 Å². The summed E-state index contributed by atoms with van der Waals surface area (Å²) in [6, 6.07) is 8.22. The Hall–Kier alpha value is -1.07. The highest BCUT2D eigenvalue weighted by atomic mass is 79.9. The van der Waals surface area contributed by atoms with Crippen LogP contribution in [-0.4, -0.2) is 47.2 Å². The molecule has 0 aliphatic carbocycles. The highest BCUT2D eigenvalue weighted by Crippen LogP contribution is 2.14. The van der Waals surface area contributed by atoms with E-state index in [4.69, 9.17) is 5.11 Å². The summed E-state index contributed by atoms with van der Waals surface area (Å²) in [6.07, 6.45) is -0.813. The Morgan fingerprint density at radius 1 is 1.29 bits per heavy atom. The van der Waals surface area contributed by atoms with Crippen molar-refractivity contribution in [2.24, 2.45) is 0 Å². The molecular weight excluding hydrogens is 284 g/mol. The third-order valence-electron chi connectivity index (χ3n) is 2.94. The van der Waals surface area contributed by atoms with Gasteiger partial charge in [-0.2, -0.15) is 0 Å². The van der Waals surface area contributed by atoms with Crippen LogP contribution in [-0.2, 0) is 6.54 Å². The standard InChI is InChI=1S/C12H15BrN2O2/c13-11-3-1-2-10(8-11)9-14-4-6-15(7-5-14)12(16)17/h1-3,8H,4-7,9H2,(H,16,17). The van der Waals surface area contributed by atoms with Gasteiger partial charge in [0.25, 0.3) is 0 Å². The van der Waals surface area contributed by atoms with Crippen molar-refractivity contribution in [2.45, 2.75) is 6.54 Å². The molecule has 0 unspecified atom stereocenters. The van der Waals surface area contributed by atoms with Gasteiger partial charge in [-0.15, -0.1) is 0 Å². The summed E-state index contributed by atoms with van der Waals surface area (Å²) >= 11 is 3.45.